The smallest absolute Gasteiger partial charge is 0.254 e. The summed E-state index contributed by atoms with van der Waals surface area (Å²) in [5.74, 6) is -0.153. The summed E-state index contributed by atoms with van der Waals surface area (Å²) in [6.45, 7) is 6.60. The zero-order valence-corrected chi connectivity index (χ0v) is 14.2. The fourth-order valence-electron chi connectivity index (χ4n) is 3.00. The molecular formula is C18H22N4O2. The first-order valence-corrected chi connectivity index (χ1v) is 8.12. The lowest BCUT2D eigenvalue weighted by molar-refractivity contribution is -0.125. The molecule has 0 saturated carbocycles. The van der Waals surface area contributed by atoms with Crippen molar-refractivity contribution in [1.82, 2.24) is 19.8 Å². The highest BCUT2D eigenvalue weighted by molar-refractivity contribution is 5.95. The van der Waals surface area contributed by atoms with Crippen LogP contribution in [0.4, 0.5) is 0 Å². The number of benzene rings is 1. The van der Waals surface area contributed by atoms with Crippen molar-refractivity contribution in [2.45, 2.75) is 39.4 Å². The molecule has 0 fully saturated rings. The van der Waals surface area contributed by atoms with Crippen molar-refractivity contribution < 1.29 is 9.59 Å². The molecule has 0 saturated heterocycles. The number of fused-ring (bicyclic) bond motifs is 1. The summed E-state index contributed by atoms with van der Waals surface area (Å²) >= 11 is 0. The Hall–Kier alpha value is -2.63. The average molecular weight is 326 g/mol. The first kappa shape index (κ1) is 16.2. The van der Waals surface area contributed by atoms with Gasteiger partial charge < -0.3 is 14.8 Å². The maximum atomic E-state index is 12.8. The minimum absolute atomic E-state index is 0.0484. The molecule has 6 nitrogen and oxygen atoms in total. The lowest BCUT2D eigenvalue weighted by Gasteiger charge is -2.34. The van der Waals surface area contributed by atoms with Crippen molar-refractivity contribution in [3.63, 3.8) is 0 Å². The average Bonchev–Trinajstić information content (AvgIpc) is 3.00. The second kappa shape index (κ2) is 6.47. The van der Waals surface area contributed by atoms with Crippen LogP contribution < -0.4 is 5.32 Å². The Morgan fingerprint density at radius 2 is 2.12 bits per heavy atom. The summed E-state index contributed by atoms with van der Waals surface area (Å²) in [5, 5.41) is 2.93. The van der Waals surface area contributed by atoms with E-state index < -0.39 is 6.04 Å². The third kappa shape index (κ3) is 3.18. The quantitative estimate of drug-likeness (QED) is 0.937. The number of hydrogen-bond acceptors (Lipinski definition) is 3. The van der Waals surface area contributed by atoms with E-state index in [0.717, 1.165) is 11.3 Å². The molecule has 1 aromatic carbocycles. The number of nitrogens with zero attached hydrogens (tertiary/aromatic N) is 3. The van der Waals surface area contributed by atoms with Gasteiger partial charge in [0.1, 0.15) is 6.04 Å². The third-order valence-electron chi connectivity index (χ3n) is 4.11. The lowest BCUT2D eigenvalue weighted by Crippen LogP contribution is -2.47. The highest BCUT2D eigenvalue weighted by atomic mass is 16.2. The molecule has 1 atom stereocenters. The van der Waals surface area contributed by atoms with Crippen molar-refractivity contribution >= 4 is 11.8 Å². The Kier molecular flexibility index (Phi) is 4.38. The van der Waals surface area contributed by atoms with Crippen LogP contribution in [0.15, 0.2) is 36.8 Å². The predicted molar refractivity (Wildman–Crippen MR) is 90.5 cm³/mol. The highest BCUT2D eigenvalue weighted by Gasteiger charge is 2.33. The summed E-state index contributed by atoms with van der Waals surface area (Å²) in [4.78, 5) is 31.2. The molecule has 6 heteroatoms. The topological polar surface area (TPSA) is 67.2 Å². The van der Waals surface area contributed by atoms with E-state index in [4.69, 9.17) is 0 Å². The molecule has 1 aliphatic heterocycles. The first-order chi connectivity index (χ1) is 11.5. The van der Waals surface area contributed by atoms with Gasteiger partial charge in [0.25, 0.3) is 5.91 Å². The fourth-order valence-corrected chi connectivity index (χ4v) is 3.00. The van der Waals surface area contributed by atoms with Crippen LogP contribution in [-0.2, 0) is 11.3 Å². The predicted octanol–water partition coefficient (Wildman–Crippen LogP) is 1.91. The number of amides is 2. The Labute approximate surface area is 141 Å². The molecule has 2 amide bonds. The van der Waals surface area contributed by atoms with Crippen molar-refractivity contribution in [3.05, 3.63) is 53.6 Å². The molecule has 2 aromatic rings. The maximum Gasteiger partial charge on any atom is 0.254 e. The Bertz CT molecular complexity index is 766. The van der Waals surface area contributed by atoms with Gasteiger partial charge in [0.05, 0.1) is 25.1 Å². The van der Waals surface area contributed by atoms with Crippen LogP contribution in [0.3, 0.4) is 0 Å². The number of carbonyl (C=O) groups is 2. The van der Waals surface area contributed by atoms with Crippen LogP contribution in [0.1, 0.15) is 41.5 Å². The van der Waals surface area contributed by atoms with Gasteiger partial charge in [-0.15, -0.1) is 0 Å². The van der Waals surface area contributed by atoms with Crippen LogP contribution in [-0.4, -0.2) is 38.9 Å². The number of nitrogens with one attached hydrogen (secondary N) is 1. The van der Waals surface area contributed by atoms with Crippen LogP contribution in [0.5, 0.6) is 0 Å². The van der Waals surface area contributed by atoms with E-state index in [1.165, 1.54) is 0 Å². The van der Waals surface area contributed by atoms with Crippen molar-refractivity contribution in [1.29, 1.82) is 0 Å². The van der Waals surface area contributed by atoms with Gasteiger partial charge in [0.2, 0.25) is 5.91 Å². The molecule has 0 aliphatic carbocycles. The minimum atomic E-state index is -0.451. The van der Waals surface area contributed by atoms with Crippen molar-refractivity contribution in [3.8, 4) is 0 Å². The van der Waals surface area contributed by atoms with Crippen LogP contribution in [0, 0.1) is 6.92 Å². The number of carbonyl (C=O) groups excluding carboxylic acids is 2. The number of aromatic nitrogens is 2. The van der Waals surface area contributed by atoms with Crippen molar-refractivity contribution in [2.24, 2.45) is 0 Å². The zero-order valence-electron chi connectivity index (χ0n) is 14.2. The van der Waals surface area contributed by atoms with Gasteiger partial charge in [-0.2, -0.15) is 0 Å². The monoisotopic (exact) mass is 326 g/mol. The summed E-state index contributed by atoms with van der Waals surface area (Å²) in [5.41, 5.74) is 2.55. The Morgan fingerprint density at radius 1 is 1.33 bits per heavy atom. The van der Waals surface area contributed by atoms with E-state index in [1.807, 2.05) is 49.6 Å². The second-order valence-electron chi connectivity index (χ2n) is 6.53. The van der Waals surface area contributed by atoms with Gasteiger partial charge >= 0.3 is 0 Å². The van der Waals surface area contributed by atoms with Gasteiger partial charge in [-0.3, -0.25) is 9.59 Å². The van der Waals surface area contributed by atoms with Gasteiger partial charge in [-0.05, 0) is 32.9 Å². The molecule has 0 bridgehead atoms. The number of imidazole rings is 1. The van der Waals surface area contributed by atoms with Crippen LogP contribution in [0.25, 0.3) is 0 Å². The van der Waals surface area contributed by atoms with Crippen LogP contribution >= 0.6 is 0 Å². The maximum absolute atomic E-state index is 12.8. The SMILES string of the molecule is Cc1cccc(C(=O)N2Cc3cncn3C(C(=O)NC(C)C)C2)c1. The Balaban J connectivity index is 1.87. The summed E-state index contributed by atoms with van der Waals surface area (Å²) in [6, 6.07) is 7.11. The molecule has 1 aliphatic rings. The molecule has 0 spiro atoms. The molecule has 24 heavy (non-hydrogen) atoms. The number of hydrogen-bond donors (Lipinski definition) is 1. The van der Waals surface area contributed by atoms with E-state index in [9.17, 15) is 9.59 Å². The second-order valence-corrected chi connectivity index (χ2v) is 6.53. The van der Waals surface area contributed by atoms with E-state index in [1.54, 1.807) is 17.4 Å². The molecule has 1 unspecified atom stereocenters. The fraction of sp³-hybridized carbons (Fsp3) is 0.389. The first-order valence-electron chi connectivity index (χ1n) is 8.12. The summed E-state index contributed by atoms with van der Waals surface area (Å²) in [7, 11) is 0. The Morgan fingerprint density at radius 3 is 2.83 bits per heavy atom. The minimum Gasteiger partial charge on any atom is -0.352 e. The summed E-state index contributed by atoms with van der Waals surface area (Å²) in [6.07, 6.45) is 3.37. The molecule has 1 aromatic heterocycles. The molecule has 0 radical (unpaired) electrons. The molecule has 1 N–H and O–H groups in total. The van der Waals surface area contributed by atoms with Gasteiger partial charge in [-0.25, -0.2) is 4.98 Å². The van der Waals surface area contributed by atoms with E-state index in [-0.39, 0.29) is 17.9 Å². The molecule has 2 heterocycles. The normalized spacial score (nSPS) is 16.8. The van der Waals surface area contributed by atoms with E-state index in [0.29, 0.717) is 18.7 Å². The number of rotatable bonds is 3. The third-order valence-corrected chi connectivity index (χ3v) is 4.11. The molecule has 126 valence electrons. The van der Waals surface area contributed by atoms with E-state index >= 15 is 0 Å². The standard InChI is InChI=1S/C18H22N4O2/c1-12(2)20-17(23)16-10-21(9-15-8-19-11-22(15)16)18(24)14-6-4-5-13(3)7-14/h4-8,11-12,16H,9-10H2,1-3H3,(H,20,23). The zero-order chi connectivity index (χ0) is 17.3. The lowest BCUT2D eigenvalue weighted by atomic mass is 10.1. The van der Waals surface area contributed by atoms with E-state index in [2.05, 4.69) is 10.3 Å². The largest absolute Gasteiger partial charge is 0.352 e. The van der Waals surface area contributed by atoms with Gasteiger partial charge in [0.15, 0.2) is 0 Å². The van der Waals surface area contributed by atoms with Crippen molar-refractivity contribution in [2.75, 3.05) is 6.54 Å². The number of aryl methyl sites for hydroxylation is 1. The summed E-state index contributed by atoms with van der Waals surface area (Å²) < 4.78 is 1.86. The molecular weight excluding hydrogens is 304 g/mol. The van der Waals surface area contributed by atoms with Gasteiger partial charge in [-0.1, -0.05) is 17.7 Å². The molecule has 3 rings (SSSR count). The highest BCUT2D eigenvalue weighted by Crippen LogP contribution is 2.23. The van der Waals surface area contributed by atoms with Crippen LogP contribution in [0.2, 0.25) is 0 Å². The van der Waals surface area contributed by atoms with Gasteiger partial charge in [0, 0.05) is 17.8 Å².